The molecule has 192 valence electrons. The van der Waals surface area contributed by atoms with E-state index in [4.69, 9.17) is 19.3 Å². The molecule has 0 radical (unpaired) electrons. The number of esters is 1. The number of nitrogens with zero attached hydrogens (tertiary/aromatic N) is 2. The molecule has 1 aliphatic rings. The van der Waals surface area contributed by atoms with Gasteiger partial charge in [0, 0.05) is 5.56 Å². The third-order valence-electron chi connectivity index (χ3n) is 5.55. The van der Waals surface area contributed by atoms with E-state index in [1.807, 2.05) is 25.1 Å². The Morgan fingerprint density at radius 2 is 1.89 bits per heavy atom. The number of carboxylic acids is 1. The highest BCUT2D eigenvalue weighted by molar-refractivity contribution is 7.07. The highest BCUT2D eigenvalue weighted by Crippen LogP contribution is 2.35. The Labute approximate surface area is 216 Å². The molecule has 9 nitrogen and oxygen atoms in total. The molecule has 4 rings (SSSR count). The van der Waals surface area contributed by atoms with E-state index in [1.165, 1.54) is 15.9 Å². The number of fused-ring (bicyclic) bond motifs is 1. The maximum absolute atomic E-state index is 13.8. The summed E-state index contributed by atoms with van der Waals surface area (Å²) >= 11 is 1.20. The van der Waals surface area contributed by atoms with Gasteiger partial charge in [-0.1, -0.05) is 41.7 Å². The second-order valence-electron chi connectivity index (χ2n) is 8.03. The van der Waals surface area contributed by atoms with Gasteiger partial charge in [0.05, 0.1) is 29.0 Å². The van der Waals surface area contributed by atoms with Crippen LogP contribution in [0, 0.1) is 0 Å². The highest BCUT2D eigenvalue weighted by Gasteiger charge is 2.35. The Bertz CT molecular complexity index is 1550. The predicted molar refractivity (Wildman–Crippen MR) is 138 cm³/mol. The van der Waals surface area contributed by atoms with Crippen molar-refractivity contribution in [2.75, 3.05) is 19.8 Å². The number of aromatic nitrogens is 1. The summed E-state index contributed by atoms with van der Waals surface area (Å²) in [5, 5.41) is 8.87. The number of benzene rings is 2. The van der Waals surface area contributed by atoms with Crippen molar-refractivity contribution in [3.63, 3.8) is 0 Å². The van der Waals surface area contributed by atoms with Gasteiger partial charge in [0.25, 0.3) is 5.56 Å². The van der Waals surface area contributed by atoms with Gasteiger partial charge in [0.1, 0.15) is 17.5 Å². The summed E-state index contributed by atoms with van der Waals surface area (Å²) in [5.41, 5.74) is 1.72. The first-order chi connectivity index (χ1) is 17.8. The van der Waals surface area contributed by atoms with E-state index < -0.39 is 24.6 Å². The number of carbonyl (C=O) groups is 2. The van der Waals surface area contributed by atoms with E-state index in [2.05, 4.69) is 4.99 Å². The van der Waals surface area contributed by atoms with E-state index in [0.717, 1.165) is 0 Å². The molecule has 0 amide bonds. The van der Waals surface area contributed by atoms with Crippen LogP contribution in [0.3, 0.4) is 0 Å². The zero-order valence-electron chi connectivity index (χ0n) is 20.6. The molecule has 37 heavy (non-hydrogen) atoms. The fourth-order valence-corrected chi connectivity index (χ4v) is 5.12. The maximum atomic E-state index is 13.8. The van der Waals surface area contributed by atoms with Crippen LogP contribution in [0.25, 0.3) is 6.08 Å². The number of hydrogen-bond donors (Lipinski definition) is 1. The molecule has 0 bridgehead atoms. The molecule has 3 aromatic rings. The van der Waals surface area contributed by atoms with Crippen LogP contribution in [0.1, 0.15) is 37.9 Å². The van der Waals surface area contributed by atoms with Gasteiger partial charge in [0.15, 0.2) is 11.4 Å². The summed E-state index contributed by atoms with van der Waals surface area (Å²) in [6.07, 6.45) is 1.69. The lowest BCUT2D eigenvalue weighted by Crippen LogP contribution is -2.40. The summed E-state index contributed by atoms with van der Waals surface area (Å²) in [4.78, 5) is 42.7. The van der Waals surface area contributed by atoms with E-state index in [9.17, 15) is 14.4 Å². The van der Waals surface area contributed by atoms with Crippen molar-refractivity contribution in [2.45, 2.75) is 26.8 Å². The van der Waals surface area contributed by atoms with Gasteiger partial charge < -0.3 is 19.3 Å². The summed E-state index contributed by atoms with van der Waals surface area (Å²) in [7, 11) is 0. The summed E-state index contributed by atoms with van der Waals surface area (Å²) in [5.74, 6) is -0.700. The van der Waals surface area contributed by atoms with Gasteiger partial charge >= 0.3 is 11.9 Å². The molecule has 0 saturated heterocycles. The number of aliphatic carboxylic acids is 1. The molecule has 1 aromatic heterocycles. The molecule has 2 heterocycles. The molecule has 0 fully saturated rings. The quantitative estimate of drug-likeness (QED) is 0.430. The standard InChI is InChI=1S/C27H26N2O7S/c1-4-34-20-12-7-6-11-19(20)24-23(26(33)35-5-2)16(3)28-27-29(24)25(32)21(37-27)14-17-9-8-10-18(13-17)36-15-22(30)31/h6-14,24H,4-5,15H2,1-3H3,(H,30,31)/t24-/m1/s1. The second-order valence-corrected chi connectivity index (χ2v) is 9.04. The maximum Gasteiger partial charge on any atom is 0.341 e. The average Bonchev–Trinajstić information content (AvgIpc) is 3.17. The molecule has 1 aliphatic heterocycles. The van der Waals surface area contributed by atoms with Crippen LogP contribution >= 0.6 is 11.3 Å². The molecule has 0 spiro atoms. The summed E-state index contributed by atoms with van der Waals surface area (Å²) in [6.45, 7) is 5.43. The van der Waals surface area contributed by atoms with Crippen LogP contribution in [0.5, 0.6) is 11.5 Å². The molecule has 10 heteroatoms. The minimum Gasteiger partial charge on any atom is -0.494 e. The highest BCUT2D eigenvalue weighted by atomic mass is 32.1. The van der Waals surface area contributed by atoms with E-state index in [1.54, 1.807) is 50.3 Å². The van der Waals surface area contributed by atoms with Crippen molar-refractivity contribution in [1.82, 2.24) is 4.57 Å². The number of thiazole rings is 1. The molecular formula is C27H26N2O7S. The van der Waals surface area contributed by atoms with Crippen LogP contribution in [-0.2, 0) is 14.3 Å². The van der Waals surface area contributed by atoms with Crippen molar-refractivity contribution in [3.05, 3.63) is 90.6 Å². The Morgan fingerprint density at radius 3 is 2.62 bits per heavy atom. The monoisotopic (exact) mass is 522 g/mol. The summed E-state index contributed by atoms with van der Waals surface area (Å²) < 4.78 is 18.3. The molecular weight excluding hydrogens is 496 g/mol. The van der Waals surface area contributed by atoms with Gasteiger partial charge in [-0.2, -0.15) is 0 Å². The minimum atomic E-state index is -1.08. The van der Waals surface area contributed by atoms with Crippen molar-refractivity contribution in [1.29, 1.82) is 0 Å². The Morgan fingerprint density at radius 1 is 1.11 bits per heavy atom. The first kappa shape index (κ1) is 25.9. The largest absolute Gasteiger partial charge is 0.494 e. The lowest BCUT2D eigenvalue weighted by atomic mass is 9.95. The third kappa shape index (κ3) is 5.49. The first-order valence-electron chi connectivity index (χ1n) is 11.7. The lowest BCUT2D eigenvalue weighted by Gasteiger charge is -2.26. The van der Waals surface area contributed by atoms with Gasteiger partial charge in [0.2, 0.25) is 0 Å². The van der Waals surface area contributed by atoms with E-state index >= 15 is 0 Å². The van der Waals surface area contributed by atoms with Crippen molar-refractivity contribution in [2.24, 2.45) is 4.99 Å². The normalized spacial score (nSPS) is 15.1. The van der Waals surface area contributed by atoms with Crippen molar-refractivity contribution < 1.29 is 28.9 Å². The molecule has 1 N–H and O–H groups in total. The van der Waals surface area contributed by atoms with Gasteiger partial charge in [-0.15, -0.1) is 0 Å². The SMILES string of the molecule is CCOC(=O)C1=C(C)N=c2sc(=Cc3cccc(OCC(=O)O)c3)c(=O)n2[C@@H]1c1ccccc1OCC. The van der Waals surface area contributed by atoms with Gasteiger partial charge in [-0.25, -0.2) is 14.6 Å². The van der Waals surface area contributed by atoms with Gasteiger partial charge in [-0.3, -0.25) is 9.36 Å². The Kier molecular flexibility index (Phi) is 7.88. The Hall–Kier alpha value is -4.18. The molecule has 0 unspecified atom stereocenters. The number of carboxylic acid groups (broad SMARTS) is 1. The predicted octanol–water partition coefficient (Wildman–Crippen LogP) is 2.66. The number of ether oxygens (including phenoxy) is 3. The number of carbonyl (C=O) groups excluding carboxylic acids is 1. The number of rotatable bonds is 9. The van der Waals surface area contributed by atoms with E-state index in [-0.39, 0.29) is 17.7 Å². The topological polar surface area (TPSA) is 116 Å². The van der Waals surface area contributed by atoms with Crippen molar-refractivity contribution >= 4 is 29.4 Å². The zero-order chi connectivity index (χ0) is 26.5. The first-order valence-corrected chi connectivity index (χ1v) is 12.5. The van der Waals surface area contributed by atoms with Crippen LogP contribution < -0.4 is 24.4 Å². The summed E-state index contributed by atoms with van der Waals surface area (Å²) in [6, 6.07) is 13.3. The van der Waals surface area contributed by atoms with E-state index in [0.29, 0.717) is 44.3 Å². The Balaban J connectivity index is 1.89. The minimum absolute atomic E-state index is 0.181. The molecule has 1 atom stereocenters. The van der Waals surface area contributed by atoms with Crippen molar-refractivity contribution in [3.8, 4) is 11.5 Å². The number of allylic oxidation sites excluding steroid dienone is 1. The average molecular weight is 523 g/mol. The van der Waals surface area contributed by atoms with Crippen LogP contribution in [0.2, 0.25) is 0 Å². The third-order valence-corrected chi connectivity index (χ3v) is 6.53. The van der Waals surface area contributed by atoms with Crippen LogP contribution in [-0.4, -0.2) is 41.4 Å². The molecule has 0 saturated carbocycles. The fraction of sp³-hybridized carbons (Fsp3) is 0.259. The lowest BCUT2D eigenvalue weighted by molar-refractivity contribution is -0.140. The van der Waals surface area contributed by atoms with Crippen LogP contribution in [0.15, 0.2) is 69.6 Å². The smallest absolute Gasteiger partial charge is 0.341 e. The molecule has 2 aromatic carbocycles. The number of hydrogen-bond acceptors (Lipinski definition) is 8. The van der Waals surface area contributed by atoms with Gasteiger partial charge in [-0.05, 0) is 50.6 Å². The second kappa shape index (κ2) is 11.3. The fourth-order valence-electron chi connectivity index (χ4n) is 4.07. The molecule has 0 aliphatic carbocycles. The van der Waals surface area contributed by atoms with Crippen LogP contribution in [0.4, 0.5) is 0 Å². The zero-order valence-corrected chi connectivity index (χ0v) is 21.4. The number of para-hydroxylation sites is 1.